The molecule has 0 unspecified atom stereocenters. The Hall–Kier alpha value is -3.42. The number of aromatic nitrogens is 2. The lowest BCUT2D eigenvalue weighted by atomic mass is 10.1. The third-order valence-electron chi connectivity index (χ3n) is 4.21. The van der Waals surface area contributed by atoms with Gasteiger partial charge in [0.25, 0.3) is 5.96 Å². The molecule has 0 saturated carbocycles. The van der Waals surface area contributed by atoms with Crippen molar-refractivity contribution in [3.8, 4) is 17.2 Å². The van der Waals surface area contributed by atoms with E-state index in [-0.39, 0.29) is 5.75 Å². The van der Waals surface area contributed by atoms with Gasteiger partial charge in [0.2, 0.25) is 11.9 Å². The maximum Gasteiger partial charge on any atom is 0.365 e. The zero-order valence-electron chi connectivity index (χ0n) is 13.8. The van der Waals surface area contributed by atoms with E-state index in [4.69, 9.17) is 15.2 Å². The first kappa shape index (κ1) is 15.1. The van der Waals surface area contributed by atoms with Crippen molar-refractivity contribution in [2.75, 3.05) is 19.5 Å². The summed E-state index contributed by atoms with van der Waals surface area (Å²) in [7, 11) is 2.98. The Labute approximate surface area is 143 Å². The number of ether oxygens (including phenoxy) is 2. The van der Waals surface area contributed by atoms with Gasteiger partial charge in [0, 0.05) is 5.56 Å². The molecule has 2 aromatic carbocycles. The summed E-state index contributed by atoms with van der Waals surface area (Å²) in [6.07, 6.45) is -0.434. The summed E-state index contributed by atoms with van der Waals surface area (Å²) in [6.45, 7) is 0. The van der Waals surface area contributed by atoms with Crippen LogP contribution in [0.3, 0.4) is 0 Å². The zero-order chi connectivity index (χ0) is 17.6. The van der Waals surface area contributed by atoms with Crippen molar-refractivity contribution >= 4 is 22.9 Å². The van der Waals surface area contributed by atoms with Gasteiger partial charge in [-0.3, -0.25) is 0 Å². The fourth-order valence-corrected chi connectivity index (χ4v) is 3.07. The monoisotopic (exact) mass is 340 g/mol. The first-order valence-electron chi connectivity index (χ1n) is 7.69. The van der Waals surface area contributed by atoms with E-state index in [9.17, 15) is 5.11 Å². The second kappa shape index (κ2) is 5.59. The highest BCUT2D eigenvalue weighted by Crippen LogP contribution is 2.39. The molecular weight excluding hydrogens is 322 g/mol. The van der Waals surface area contributed by atoms with E-state index in [0.29, 0.717) is 17.5 Å². The highest BCUT2D eigenvalue weighted by atomic mass is 16.5. The molecule has 128 valence electrons. The number of rotatable bonds is 3. The molecule has 8 nitrogen and oxygen atoms in total. The highest BCUT2D eigenvalue weighted by molar-refractivity contribution is 5.92. The molecule has 0 aliphatic carbocycles. The maximum absolute atomic E-state index is 10.2. The van der Waals surface area contributed by atoms with Crippen LogP contribution in [0.25, 0.3) is 11.0 Å². The number of aliphatic imine (C=N–C) groups is 1. The quantitative estimate of drug-likeness (QED) is 0.540. The molecule has 0 radical (unpaired) electrons. The fourth-order valence-electron chi connectivity index (χ4n) is 3.07. The molecule has 4 rings (SSSR count). The second-order valence-electron chi connectivity index (χ2n) is 5.65. The minimum Gasteiger partial charge on any atom is -0.502 e. The molecule has 1 aliphatic heterocycles. The lowest BCUT2D eigenvalue weighted by molar-refractivity contribution is -0.674. The lowest BCUT2D eigenvalue weighted by Crippen LogP contribution is -2.48. The van der Waals surface area contributed by atoms with Gasteiger partial charge in [-0.25, -0.2) is 14.9 Å². The predicted octanol–water partition coefficient (Wildman–Crippen LogP) is 1.47. The van der Waals surface area contributed by atoms with E-state index in [1.807, 2.05) is 28.8 Å². The van der Waals surface area contributed by atoms with Crippen molar-refractivity contribution in [3.05, 3.63) is 42.0 Å². The number of nitrogens with zero attached hydrogens (tertiary/aromatic N) is 2. The van der Waals surface area contributed by atoms with Crippen LogP contribution in [0.5, 0.6) is 17.2 Å². The Bertz CT molecular complexity index is 970. The Morgan fingerprint density at radius 1 is 1.16 bits per heavy atom. The molecule has 5 N–H and O–H groups in total. The van der Waals surface area contributed by atoms with Gasteiger partial charge in [0.1, 0.15) is 11.0 Å². The SMILES string of the molecule is COc1cc([C@@H]2N=C(N)Nc3[nH]c4ccccc4[n+]32)cc(OC)c1O. The van der Waals surface area contributed by atoms with Gasteiger partial charge in [-0.15, -0.1) is 0 Å². The molecule has 0 bridgehead atoms. The van der Waals surface area contributed by atoms with Crippen molar-refractivity contribution in [2.45, 2.75) is 6.17 Å². The number of hydrogen-bond donors (Lipinski definition) is 4. The Kier molecular flexibility index (Phi) is 3.38. The smallest absolute Gasteiger partial charge is 0.365 e. The van der Waals surface area contributed by atoms with Gasteiger partial charge in [0.05, 0.1) is 14.2 Å². The first-order chi connectivity index (χ1) is 12.1. The topological polar surface area (TPSA) is 109 Å². The fraction of sp³-hybridized carbons (Fsp3) is 0.176. The van der Waals surface area contributed by atoms with Crippen LogP contribution in [-0.4, -0.2) is 30.3 Å². The van der Waals surface area contributed by atoms with Crippen LogP contribution < -0.4 is 25.1 Å². The molecule has 0 fully saturated rings. The zero-order valence-corrected chi connectivity index (χ0v) is 13.8. The normalized spacial score (nSPS) is 16.1. The van der Waals surface area contributed by atoms with Crippen LogP contribution in [0, 0.1) is 0 Å². The van der Waals surface area contributed by atoms with E-state index >= 15 is 0 Å². The number of fused-ring (bicyclic) bond motifs is 3. The summed E-state index contributed by atoms with van der Waals surface area (Å²) in [5.41, 5.74) is 8.66. The summed E-state index contributed by atoms with van der Waals surface area (Å²) in [4.78, 5) is 7.82. The first-order valence-corrected chi connectivity index (χ1v) is 7.69. The summed E-state index contributed by atoms with van der Waals surface area (Å²) >= 11 is 0. The average molecular weight is 340 g/mol. The number of benzene rings is 2. The number of nitrogens with two attached hydrogens (primary N) is 1. The Morgan fingerprint density at radius 2 is 1.84 bits per heavy atom. The number of nitrogens with one attached hydrogen (secondary N) is 2. The van der Waals surface area contributed by atoms with E-state index < -0.39 is 6.17 Å². The second-order valence-corrected chi connectivity index (χ2v) is 5.65. The summed E-state index contributed by atoms with van der Waals surface area (Å²) in [5, 5.41) is 13.2. The number of para-hydroxylation sites is 2. The standard InChI is InChI=1S/C17H17N5O3/c1-24-12-7-9(8-13(25-2)14(12)23)15-20-16(18)21-17-19-10-5-3-4-6-11(10)22(15)17/h3-8,15H,1-2H3,(H4,18,19,20,21,23)/p+1/t15-/m1/s1. The number of guanidine groups is 1. The number of phenolic OH excluding ortho intramolecular Hbond substituents is 1. The molecule has 3 aromatic rings. The van der Waals surface area contributed by atoms with E-state index in [2.05, 4.69) is 15.3 Å². The van der Waals surface area contributed by atoms with E-state index in [1.165, 1.54) is 14.2 Å². The number of imidazole rings is 1. The van der Waals surface area contributed by atoms with E-state index in [0.717, 1.165) is 22.5 Å². The molecule has 0 spiro atoms. The number of aromatic amines is 1. The van der Waals surface area contributed by atoms with Gasteiger partial charge in [-0.05, 0) is 24.3 Å². The van der Waals surface area contributed by atoms with Crippen molar-refractivity contribution in [2.24, 2.45) is 10.7 Å². The molecule has 0 amide bonds. The summed E-state index contributed by atoms with van der Waals surface area (Å²) < 4.78 is 12.5. The number of methoxy groups -OCH3 is 2. The third-order valence-corrected chi connectivity index (χ3v) is 4.21. The van der Waals surface area contributed by atoms with Gasteiger partial charge >= 0.3 is 5.95 Å². The van der Waals surface area contributed by atoms with Crippen LogP contribution in [0.2, 0.25) is 0 Å². The van der Waals surface area contributed by atoms with Gasteiger partial charge < -0.3 is 20.3 Å². The number of aromatic hydroxyl groups is 1. The van der Waals surface area contributed by atoms with Crippen LogP contribution >= 0.6 is 0 Å². The number of phenols is 1. The van der Waals surface area contributed by atoms with Crippen LogP contribution in [0.1, 0.15) is 11.7 Å². The number of anilines is 1. The summed E-state index contributed by atoms with van der Waals surface area (Å²) in [5.74, 6) is 1.59. The highest BCUT2D eigenvalue weighted by Gasteiger charge is 2.32. The van der Waals surface area contributed by atoms with Gasteiger partial charge in [0.15, 0.2) is 11.5 Å². The largest absolute Gasteiger partial charge is 0.502 e. The van der Waals surface area contributed by atoms with Gasteiger partial charge in [-0.1, -0.05) is 12.1 Å². The summed E-state index contributed by atoms with van der Waals surface area (Å²) in [6, 6.07) is 11.3. The molecule has 8 heteroatoms. The Morgan fingerprint density at radius 3 is 2.52 bits per heavy atom. The van der Waals surface area contributed by atoms with Crippen molar-refractivity contribution in [1.29, 1.82) is 0 Å². The molecule has 1 aliphatic rings. The molecule has 1 atom stereocenters. The molecule has 0 saturated heterocycles. The van der Waals surface area contributed by atoms with Crippen molar-refractivity contribution in [3.63, 3.8) is 0 Å². The number of H-pyrrole nitrogens is 1. The van der Waals surface area contributed by atoms with Gasteiger partial charge in [-0.2, -0.15) is 4.99 Å². The Balaban J connectivity index is 1.95. The minimum atomic E-state index is -0.434. The average Bonchev–Trinajstić information content (AvgIpc) is 2.99. The lowest BCUT2D eigenvalue weighted by Gasteiger charge is -2.19. The maximum atomic E-state index is 10.2. The molecule has 1 aromatic heterocycles. The predicted molar refractivity (Wildman–Crippen MR) is 93.1 cm³/mol. The molecule has 2 heterocycles. The van der Waals surface area contributed by atoms with Crippen LogP contribution in [0.15, 0.2) is 41.4 Å². The molecular formula is C17H18N5O3+. The molecule has 25 heavy (non-hydrogen) atoms. The van der Waals surface area contributed by atoms with Crippen molar-refractivity contribution in [1.82, 2.24) is 4.98 Å². The minimum absolute atomic E-state index is 0.0520. The third kappa shape index (κ3) is 2.30. The van der Waals surface area contributed by atoms with Crippen LogP contribution in [-0.2, 0) is 0 Å². The van der Waals surface area contributed by atoms with Crippen molar-refractivity contribution < 1.29 is 19.1 Å². The van der Waals surface area contributed by atoms with Crippen LogP contribution in [0.4, 0.5) is 5.95 Å². The number of hydrogen-bond acceptors (Lipinski definition) is 6. The van der Waals surface area contributed by atoms with E-state index in [1.54, 1.807) is 12.1 Å².